The summed E-state index contributed by atoms with van der Waals surface area (Å²) < 4.78 is 56.3. The van der Waals surface area contributed by atoms with Crippen LogP contribution in [0, 0.1) is 6.92 Å². The summed E-state index contributed by atoms with van der Waals surface area (Å²) in [5, 5.41) is 0. The molecule has 5 heterocycles. The van der Waals surface area contributed by atoms with Crippen molar-refractivity contribution in [1.29, 1.82) is 0 Å². The van der Waals surface area contributed by atoms with E-state index in [1.54, 1.807) is 9.80 Å². The minimum absolute atomic E-state index is 0.0674. The van der Waals surface area contributed by atoms with Gasteiger partial charge in [0.25, 0.3) is 11.8 Å². The van der Waals surface area contributed by atoms with Crippen molar-refractivity contribution in [2.45, 2.75) is 97.7 Å². The maximum Gasteiger partial charge on any atom is 0.410 e. The average Bonchev–Trinajstić information content (AvgIpc) is 1.70. The number of hydrogen-bond acceptors (Lipinski definition) is 14. The van der Waals surface area contributed by atoms with Gasteiger partial charge < -0.3 is 57.0 Å². The molecule has 12 rings (SSSR count). The first-order chi connectivity index (χ1) is 48.4. The van der Waals surface area contributed by atoms with Crippen molar-refractivity contribution in [3.63, 3.8) is 0 Å². The van der Waals surface area contributed by atoms with Gasteiger partial charge in [-0.05, 0) is 136 Å². The quantitative estimate of drug-likeness (QED) is 0.0378. The zero-order chi connectivity index (χ0) is 68.3. The maximum atomic E-state index is 15.7. The van der Waals surface area contributed by atoms with E-state index < -0.39 is 11.7 Å². The Morgan fingerprint density at radius 3 is 1.90 bits per heavy atom. The molecule has 18 heteroatoms. The monoisotopic (exact) mass is 1340 g/mol. The zero-order valence-corrected chi connectivity index (χ0v) is 57.8. The number of para-hydroxylation sites is 1. The number of anilines is 2. The molecule has 0 unspecified atom stereocenters. The number of aryl methyl sites for hydroxylation is 1. The molecule has 0 bridgehead atoms. The van der Waals surface area contributed by atoms with E-state index in [0.717, 1.165) is 128 Å². The van der Waals surface area contributed by atoms with E-state index in [2.05, 4.69) is 55.7 Å². The second kappa shape index (κ2) is 34.2. The Hall–Kier alpha value is -9.01. The lowest BCUT2D eigenvalue weighted by molar-refractivity contribution is -0.0101. The van der Waals surface area contributed by atoms with Crippen LogP contribution < -0.4 is 23.8 Å². The second-order valence-electron chi connectivity index (χ2n) is 26.8. The Kier molecular flexibility index (Phi) is 24.1. The number of benzene rings is 7. The van der Waals surface area contributed by atoms with E-state index in [1.807, 2.05) is 167 Å². The molecule has 0 spiro atoms. The summed E-state index contributed by atoms with van der Waals surface area (Å²) in [7, 11) is 0. The molecule has 1 fully saturated rings. The number of hydrogen-bond donors (Lipinski definition) is 0. The molecule has 1 aromatic heterocycles. The van der Waals surface area contributed by atoms with E-state index in [1.165, 1.54) is 11.1 Å². The maximum absolute atomic E-state index is 15.7. The predicted molar refractivity (Wildman–Crippen MR) is 382 cm³/mol. The topological polar surface area (TPSA) is 155 Å². The molecule has 7 aromatic carbocycles. The average molecular weight is 1340 g/mol. The Morgan fingerprint density at radius 1 is 0.566 bits per heavy atom. The standard InChI is InChI=1S/C81H94N6O12/c1-60-27-30-67(31-28-60)87(66-24-12-7-13-25-66)79(89)71-52-73(85-34-17-16-26-72(71)85)69-53-76-77(98-59-97-76)54-70(69)78(88)86-56-65-23-15-14-22-64(65)51-68(86)57-83-37-35-82(36-38-83)39-42-91-44-46-93-48-49-94-47-45-92-43-40-84(80(90)99-81(2,3)4)55-63-29-32-74(96-58-62-20-10-6-11-21-62)75(50-63)95-41-33-61-18-8-5-9-19-61/h5-15,18-25,27-32,50,52-54,68H,16-17,26,33-49,51,55-59H2,1-4H3/t68-/m0/s1. The van der Waals surface area contributed by atoms with Gasteiger partial charge in [0.05, 0.1) is 70.6 Å². The minimum atomic E-state index is -0.676. The smallest absolute Gasteiger partial charge is 0.410 e. The molecule has 8 aromatic rings. The number of nitrogens with zero attached hydrogens (tertiary/aromatic N) is 6. The molecule has 1 atom stereocenters. The van der Waals surface area contributed by atoms with Crippen LogP contribution in [0.15, 0.2) is 176 Å². The van der Waals surface area contributed by atoms with E-state index in [9.17, 15) is 4.79 Å². The number of amides is 3. The van der Waals surface area contributed by atoms with Crippen LogP contribution in [-0.4, -0.2) is 166 Å². The highest BCUT2D eigenvalue weighted by Crippen LogP contribution is 2.43. The van der Waals surface area contributed by atoms with Crippen LogP contribution in [-0.2, 0) is 69.2 Å². The Balaban J connectivity index is 0.583. The van der Waals surface area contributed by atoms with Crippen molar-refractivity contribution in [3.05, 3.63) is 226 Å². The van der Waals surface area contributed by atoms with Crippen LogP contribution in [0.25, 0.3) is 11.3 Å². The van der Waals surface area contributed by atoms with Crippen LogP contribution >= 0.6 is 0 Å². The van der Waals surface area contributed by atoms with Gasteiger partial charge in [0.1, 0.15) is 12.2 Å². The van der Waals surface area contributed by atoms with Gasteiger partial charge in [-0.3, -0.25) is 24.3 Å². The zero-order valence-electron chi connectivity index (χ0n) is 57.8. The molecule has 4 aliphatic rings. The third-order valence-electron chi connectivity index (χ3n) is 18.5. The molecule has 0 radical (unpaired) electrons. The molecule has 99 heavy (non-hydrogen) atoms. The minimum Gasteiger partial charge on any atom is -0.489 e. The van der Waals surface area contributed by atoms with Gasteiger partial charge >= 0.3 is 6.09 Å². The molecule has 18 nitrogen and oxygen atoms in total. The molecule has 0 saturated carbocycles. The first kappa shape index (κ1) is 69.9. The van der Waals surface area contributed by atoms with Crippen molar-refractivity contribution >= 4 is 29.3 Å². The third-order valence-corrected chi connectivity index (χ3v) is 18.5. The van der Waals surface area contributed by atoms with E-state index in [0.29, 0.717) is 113 Å². The van der Waals surface area contributed by atoms with Crippen molar-refractivity contribution < 1.29 is 57.0 Å². The highest BCUT2D eigenvalue weighted by molar-refractivity contribution is 6.13. The second-order valence-corrected chi connectivity index (χ2v) is 26.8. The summed E-state index contributed by atoms with van der Waals surface area (Å²) in [6.45, 7) is 18.9. The van der Waals surface area contributed by atoms with Gasteiger partial charge in [0.15, 0.2) is 23.0 Å². The Morgan fingerprint density at radius 2 is 1.19 bits per heavy atom. The van der Waals surface area contributed by atoms with Gasteiger partial charge in [0.2, 0.25) is 6.79 Å². The highest BCUT2D eigenvalue weighted by Gasteiger charge is 2.37. The molecule has 0 aliphatic carbocycles. The molecule has 4 aliphatic heterocycles. The first-order valence-electron chi connectivity index (χ1n) is 35.1. The Bertz CT molecular complexity index is 3930. The SMILES string of the molecule is Cc1ccc(N(C(=O)c2cc(-c3cc4c(cc3C(=O)N3Cc5ccccc5C[C@H]3CN3CCN(CCOCCOCCOCCOCCN(Cc5ccc(OCc6ccccc6)c(OCCc6ccccc6)c5)C(=O)OC(C)(C)C)CC3)OCO4)n3c2CCCC3)c2ccccc2)cc1. The van der Waals surface area contributed by atoms with Crippen molar-refractivity contribution in [2.24, 2.45) is 0 Å². The fraction of sp³-hybridized carbons (Fsp3) is 0.395. The van der Waals surface area contributed by atoms with Crippen molar-refractivity contribution in [1.82, 2.24) is 24.2 Å². The van der Waals surface area contributed by atoms with Crippen LogP contribution in [0.1, 0.15) is 93.4 Å². The van der Waals surface area contributed by atoms with Gasteiger partial charge in [-0.15, -0.1) is 0 Å². The van der Waals surface area contributed by atoms with E-state index in [-0.39, 0.29) is 31.2 Å². The number of fused-ring (bicyclic) bond motifs is 3. The molecular formula is C81H94N6O12. The number of aromatic nitrogens is 1. The van der Waals surface area contributed by atoms with E-state index >= 15 is 9.59 Å². The van der Waals surface area contributed by atoms with Gasteiger partial charge in [-0.2, -0.15) is 0 Å². The van der Waals surface area contributed by atoms with Crippen molar-refractivity contribution in [2.75, 3.05) is 117 Å². The third kappa shape index (κ3) is 18.9. The summed E-state index contributed by atoms with van der Waals surface area (Å²) in [5.74, 6) is 2.18. The fourth-order valence-corrected chi connectivity index (χ4v) is 13.3. The molecule has 0 N–H and O–H groups in total. The summed E-state index contributed by atoms with van der Waals surface area (Å²) >= 11 is 0. The van der Waals surface area contributed by atoms with Gasteiger partial charge in [-0.25, -0.2) is 4.79 Å². The van der Waals surface area contributed by atoms with Crippen LogP contribution in [0.2, 0.25) is 0 Å². The van der Waals surface area contributed by atoms with Gasteiger partial charge in [-0.1, -0.05) is 127 Å². The molecule has 520 valence electrons. The number of carbonyl (C=O) groups excluding carboxylic acids is 3. The molecular weight excluding hydrogens is 1250 g/mol. The first-order valence-corrected chi connectivity index (χ1v) is 35.1. The van der Waals surface area contributed by atoms with Crippen LogP contribution in [0.4, 0.5) is 16.2 Å². The largest absolute Gasteiger partial charge is 0.489 e. The number of ether oxygens (including phenoxy) is 9. The van der Waals surface area contributed by atoms with Gasteiger partial charge in [0, 0.05) is 106 Å². The summed E-state index contributed by atoms with van der Waals surface area (Å²) in [4.78, 5) is 54.9. The number of rotatable bonds is 31. The van der Waals surface area contributed by atoms with Crippen LogP contribution in [0.5, 0.6) is 23.0 Å². The summed E-state index contributed by atoms with van der Waals surface area (Å²) in [6, 6.07) is 58.2. The predicted octanol–water partition coefficient (Wildman–Crippen LogP) is 13.4. The van der Waals surface area contributed by atoms with Crippen LogP contribution in [0.3, 0.4) is 0 Å². The molecule has 3 amide bonds. The van der Waals surface area contributed by atoms with Crippen molar-refractivity contribution in [3.8, 4) is 34.3 Å². The number of piperazine rings is 1. The lowest BCUT2D eigenvalue weighted by atomic mass is 9.92. The van der Waals surface area contributed by atoms with E-state index in [4.69, 9.17) is 42.6 Å². The number of carbonyl (C=O) groups is 3. The lowest BCUT2D eigenvalue weighted by Gasteiger charge is -2.42. The highest BCUT2D eigenvalue weighted by atomic mass is 16.7. The molecule has 1 saturated heterocycles. The normalized spacial score (nSPS) is 15.3. The lowest BCUT2D eigenvalue weighted by Crippen LogP contribution is -2.54. The Labute approximate surface area is 582 Å². The summed E-state index contributed by atoms with van der Waals surface area (Å²) in [6.07, 6.45) is 3.71. The fourth-order valence-electron chi connectivity index (χ4n) is 13.3. The summed E-state index contributed by atoms with van der Waals surface area (Å²) in [5.41, 5.74) is 11.2.